The molecule has 2 nitrogen and oxygen atoms in total. The van der Waals surface area contributed by atoms with E-state index in [4.69, 9.17) is 5.73 Å². The molecule has 0 saturated heterocycles. The molecule has 1 atom stereocenters. The van der Waals surface area contributed by atoms with Crippen molar-refractivity contribution in [1.82, 2.24) is 5.32 Å². The monoisotopic (exact) mass is 236 g/mol. The van der Waals surface area contributed by atoms with Gasteiger partial charge in [-0.15, -0.1) is 0 Å². The minimum absolute atomic E-state index is 0.0968. The molecule has 0 aliphatic heterocycles. The van der Waals surface area contributed by atoms with Crippen LogP contribution in [-0.2, 0) is 0 Å². The van der Waals surface area contributed by atoms with Gasteiger partial charge in [0.15, 0.2) is 0 Å². The van der Waals surface area contributed by atoms with Crippen molar-refractivity contribution in [2.45, 2.75) is 26.3 Å². The van der Waals surface area contributed by atoms with Gasteiger partial charge in [0.05, 0.1) is 0 Å². The zero-order valence-corrected chi connectivity index (χ0v) is 10.5. The highest BCUT2D eigenvalue weighted by Gasteiger charge is 2.09. The number of aryl methyl sites for hydroxylation is 1. The molecule has 0 radical (unpaired) electrons. The lowest BCUT2D eigenvalue weighted by Crippen LogP contribution is -2.28. The van der Waals surface area contributed by atoms with Crippen LogP contribution in [0, 0.1) is 12.7 Å². The number of rotatable bonds is 6. The van der Waals surface area contributed by atoms with Crippen molar-refractivity contribution >= 4 is 0 Å². The number of nitrogens with two attached hydrogens (primary N) is 1. The maximum Gasteiger partial charge on any atom is 0.126 e. The average Bonchev–Trinajstić information content (AvgIpc) is 2.33. The second-order valence-corrected chi connectivity index (χ2v) is 4.11. The Bertz CT molecular complexity index is 374. The first kappa shape index (κ1) is 13.9. The molecule has 1 unspecified atom stereocenters. The van der Waals surface area contributed by atoms with E-state index in [1.165, 1.54) is 6.07 Å². The van der Waals surface area contributed by atoms with E-state index in [-0.39, 0.29) is 11.9 Å². The summed E-state index contributed by atoms with van der Waals surface area (Å²) in [5.74, 6) is -0.168. The fraction of sp³-hybridized carbons (Fsp3) is 0.429. The number of halogens is 1. The minimum Gasteiger partial charge on any atom is -0.329 e. The largest absolute Gasteiger partial charge is 0.329 e. The van der Waals surface area contributed by atoms with Gasteiger partial charge in [-0.2, -0.15) is 0 Å². The van der Waals surface area contributed by atoms with Crippen LogP contribution in [0.1, 0.15) is 30.5 Å². The van der Waals surface area contributed by atoms with Crippen molar-refractivity contribution in [3.05, 3.63) is 47.3 Å². The van der Waals surface area contributed by atoms with Gasteiger partial charge in [0.2, 0.25) is 0 Å². The smallest absolute Gasteiger partial charge is 0.126 e. The third-order valence-corrected chi connectivity index (χ3v) is 2.76. The Hall–Kier alpha value is -1.19. The summed E-state index contributed by atoms with van der Waals surface area (Å²) in [7, 11) is 0. The Morgan fingerprint density at radius 3 is 2.82 bits per heavy atom. The number of hydrogen-bond acceptors (Lipinski definition) is 2. The zero-order valence-electron chi connectivity index (χ0n) is 10.5. The molecule has 1 aromatic carbocycles. The van der Waals surface area contributed by atoms with Crippen LogP contribution in [-0.4, -0.2) is 13.1 Å². The van der Waals surface area contributed by atoms with E-state index in [1.54, 1.807) is 13.0 Å². The van der Waals surface area contributed by atoms with E-state index >= 15 is 0 Å². The van der Waals surface area contributed by atoms with Crippen LogP contribution in [0.3, 0.4) is 0 Å². The third-order valence-electron chi connectivity index (χ3n) is 2.76. The molecule has 0 aromatic heterocycles. The van der Waals surface area contributed by atoms with Crippen LogP contribution in [0.5, 0.6) is 0 Å². The SMILES string of the molecule is C/C=C/CCNC(CN)c1ccc(F)c(C)c1. The van der Waals surface area contributed by atoms with Crippen molar-refractivity contribution in [2.75, 3.05) is 13.1 Å². The highest BCUT2D eigenvalue weighted by atomic mass is 19.1. The standard InChI is InChI=1S/C14H21FN2/c1-3-4-5-8-17-14(10-16)12-6-7-13(15)11(2)9-12/h3-4,6-7,9,14,17H,5,8,10,16H2,1-2H3/b4-3+. The van der Waals surface area contributed by atoms with Crippen LogP contribution in [0.25, 0.3) is 0 Å². The van der Waals surface area contributed by atoms with Gasteiger partial charge in [-0.1, -0.05) is 24.3 Å². The van der Waals surface area contributed by atoms with Gasteiger partial charge in [0, 0.05) is 12.6 Å². The molecule has 0 heterocycles. The molecular formula is C14H21FN2. The van der Waals surface area contributed by atoms with E-state index in [2.05, 4.69) is 11.4 Å². The molecule has 0 bridgehead atoms. The Balaban J connectivity index is 2.62. The highest BCUT2D eigenvalue weighted by Crippen LogP contribution is 2.16. The van der Waals surface area contributed by atoms with Gasteiger partial charge in [0.25, 0.3) is 0 Å². The van der Waals surface area contributed by atoms with Crippen LogP contribution < -0.4 is 11.1 Å². The first-order valence-corrected chi connectivity index (χ1v) is 5.99. The maximum absolute atomic E-state index is 13.2. The fourth-order valence-electron chi connectivity index (χ4n) is 1.73. The Morgan fingerprint density at radius 2 is 2.24 bits per heavy atom. The van der Waals surface area contributed by atoms with Gasteiger partial charge < -0.3 is 11.1 Å². The first-order chi connectivity index (χ1) is 8.19. The molecule has 0 amide bonds. The number of allylic oxidation sites excluding steroid dienone is 1. The van der Waals surface area contributed by atoms with Crippen LogP contribution in [0.4, 0.5) is 4.39 Å². The second kappa shape index (κ2) is 7.20. The third kappa shape index (κ3) is 4.29. The minimum atomic E-state index is -0.168. The quantitative estimate of drug-likeness (QED) is 0.588. The number of hydrogen-bond donors (Lipinski definition) is 2. The van der Waals surface area contributed by atoms with Gasteiger partial charge in [0.1, 0.15) is 5.82 Å². The molecule has 17 heavy (non-hydrogen) atoms. The molecule has 0 aliphatic carbocycles. The molecule has 3 heteroatoms. The summed E-state index contributed by atoms with van der Waals surface area (Å²) in [6, 6.07) is 5.25. The molecule has 1 aromatic rings. The zero-order chi connectivity index (χ0) is 12.7. The lowest BCUT2D eigenvalue weighted by Gasteiger charge is -2.17. The van der Waals surface area contributed by atoms with Crippen LogP contribution in [0.2, 0.25) is 0 Å². The fourth-order valence-corrected chi connectivity index (χ4v) is 1.73. The van der Waals surface area contributed by atoms with Crippen molar-refractivity contribution in [3.63, 3.8) is 0 Å². The summed E-state index contributed by atoms with van der Waals surface area (Å²) in [6.07, 6.45) is 5.12. The van der Waals surface area contributed by atoms with Gasteiger partial charge in [-0.05, 0) is 44.0 Å². The molecule has 0 saturated carbocycles. The summed E-state index contributed by atoms with van der Waals surface area (Å²) in [6.45, 7) is 5.17. The van der Waals surface area contributed by atoms with E-state index in [0.29, 0.717) is 12.1 Å². The van der Waals surface area contributed by atoms with Crippen LogP contribution in [0.15, 0.2) is 30.4 Å². The van der Waals surface area contributed by atoms with Crippen molar-refractivity contribution < 1.29 is 4.39 Å². The molecule has 0 spiro atoms. The molecule has 3 N–H and O–H groups in total. The predicted octanol–water partition coefficient (Wildman–Crippen LogP) is 2.69. The normalized spacial score (nSPS) is 13.2. The maximum atomic E-state index is 13.2. The topological polar surface area (TPSA) is 38.0 Å². The predicted molar refractivity (Wildman–Crippen MR) is 70.4 cm³/mol. The van der Waals surface area contributed by atoms with Crippen molar-refractivity contribution in [3.8, 4) is 0 Å². The van der Waals surface area contributed by atoms with E-state index < -0.39 is 0 Å². The van der Waals surface area contributed by atoms with Crippen LogP contribution >= 0.6 is 0 Å². The highest BCUT2D eigenvalue weighted by molar-refractivity contribution is 5.26. The van der Waals surface area contributed by atoms with E-state index in [9.17, 15) is 4.39 Å². The van der Waals surface area contributed by atoms with Gasteiger partial charge in [-0.25, -0.2) is 4.39 Å². The molecule has 94 valence electrons. The summed E-state index contributed by atoms with van der Waals surface area (Å²) < 4.78 is 13.2. The van der Waals surface area contributed by atoms with E-state index in [0.717, 1.165) is 18.5 Å². The van der Waals surface area contributed by atoms with Gasteiger partial charge in [-0.3, -0.25) is 0 Å². The molecule has 1 rings (SSSR count). The lowest BCUT2D eigenvalue weighted by molar-refractivity contribution is 0.545. The Kier molecular flexibility index (Phi) is 5.87. The van der Waals surface area contributed by atoms with Gasteiger partial charge >= 0.3 is 0 Å². The molecular weight excluding hydrogens is 215 g/mol. The van der Waals surface area contributed by atoms with Crippen molar-refractivity contribution in [2.24, 2.45) is 5.73 Å². The van der Waals surface area contributed by atoms with E-state index in [1.807, 2.05) is 19.1 Å². The Labute approximate surface area is 103 Å². The number of nitrogens with one attached hydrogen (secondary N) is 1. The summed E-state index contributed by atoms with van der Waals surface area (Å²) in [5.41, 5.74) is 7.44. The second-order valence-electron chi connectivity index (χ2n) is 4.11. The first-order valence-electron chi connectivity index (χ1n) is 5.99. The number of benzene rings is 1. The summed E-state index contributed by atoms with van der Waals surface area (Å²) in [5, 5.41) is 3.37. The summed E-state index contributed by atoms with van der Waals surface area (Å²) in [4.78, 5) is 0. The Morgan fingerprint density at radius 1 is 1.47 bits per heavy atom. The molecule has 0 aliphatic rings. The van der Waals surface area contributed by atoms with Crippen molar-refractivity contribution in [1.29, 1.82) is 0 Å². The molecule has 0 fully saturated rings. The lowest BCUT2D eigenvalue weighted by atomic mass is 10.0. The summed E-state index contributed by atoms with van der Waals surface area (Å²) >= 11 is 0. The average molecular weight is 236 g/mol.